The highest BCUT2D eigenvalue weighted by Crippen LogP contribution is 2.27. The zero-order chi connectivity index (χ0) is 22.9. The third kappa shape index (κ3) is 4.52. The van der Waals surface area contributed by atoms with Crippen LogP contribution in [0.4, 0.5) is 5.69 Å². The molecule has 3 fully saturated rings. The number of anilines is 1. The smallest absolute Gasteiger partial charge is 0.275 e. The van der Waals surface area contributed by atoms with Crippen molar-refractivity contribution in [1.29, 1.82) is 0 Å². The number of imide groups is 1. The van der Waals surface area contributed by atoms with E-state index < -0.39 is 11.9 Å². The molecule has 1 aromatic carbocycles. The fraction of sp³-hybridized carbons (Fsp3) is 0.583. The molecule has 2 N–H and O–H groups in total. The van der Waals surface area contributed by atoms with Crippen LogP contribution in [0.3, 0.4) is 0 Å². The number of nitrogens with one attached hydrogen (secondary N) is 2. The van der Waals surface area contributed by atoms with E-state index in [0.717, 1.165) is 69.1 Å². The van der Waals surface area contributed by atoms with Crippen LogP contribution in [0.25, 0.3) is 10.8 Å². The maximum absolute atomic E-state index is 13.3. The Bertz CT molecular complexity index is 1120. The Balaban J connectivity index is 1.35. The van der Waals surface area contributed by atoms with Crippen LogP contribution in [0, 0.1) is 12.8 Å². The Morgan fingerprint density at radius 3 is 2.48 bits per heavy atom. The molecule has 0 radical (unpaired) electrons. The number of piperazine rings is 1. The van der Waals surface area contributed by atoms with E-state index in [9.17, 15) is 14.4 Å². The van der Waals surface area contributed by atoms with Gasteiger partial charge in [-0.25, -0.2) is 4.68 Å². The first kappa shape index (κ1) is 22.0. The van der Waals surface area contributed by atoms with Gasteiger partial charge in [-0.3, -0.25) is 19.7 Å². The lowest BCUT2D eigenvalue weighted by Crippen LogP contribution is -2.47. The van der Waals surface area contributed by atoms with E-state index in [0.29, 0.717) is 17.5 Å². The van der Waals surface area contributed by atoms with Crippen molar-refractivity contribution in [1.82, 2.24) is 25.3 Å². The number of aryl methyl sites for hydroxylation is 1. The zero-order valence-corrected chi connectivity index (χ0v) is 19.2. The summed E-state index contributed by atoms with van der Waals surface area (Å²) in [6.45, 7) is 9.43. The van der Waals surface area contributed by atoms with Crippen molar-refractivity contribution in [3.05, 3.63) is 34.2 Å². The molecular formula is C24H32N6O3. The number of nitrogens with zero attached hydrogens (tertiary/aromatic N) is 4. The first-order chi connectivity index (χ1) is 16.0. The van der Waals surface area contributed by atoms with Crippen molar-refractivity contribution in [2.45, 2.75) is 38.6 Å². The Kier molecular flexibility index (Phi) is 6.16. The molecule has 33 heavy (non-hydrogen) atoms. The van der Waals surface area contributed by atoms with Gasteiger partial charge in [-0.15, -0.1) is 0 Å². The number of fused-ring (bicyclic) bond motifs is 1. The largest absolute Gasteiger partial charge is 0.371 e. The van der Waals surface area contributed by atoms with E-state index in [1.54, 1.807) is 0 Å². The normalized spacial score (nSPS) is 23.2. The summed E-state index contributed by atoms with van der Waals surface area (Å²) in [5.41, 5.74) is 1.47. The second-order valence-electron chi connectivity index (χ2n) is 9.51. The van der Waals surface area contributed by atoms with Gasteiger partial charge in [0.15, 0.2) is 0 Å². The summed E-state index contributed by atoms with van der Waals surface area (Å²) in [4.78, 5) is 42.1. The maximum atomic E-state index is 13.3. The Morgan fingerprint density at radius 1 is 1.00 bits per heavy atom. The average Bonchev–Trinajstić information content (AvgIpc) is 2.83. The number of amides is 2. The molecule has 0 bridgehead atoms. The van der Waals surface area contributed by atoms with Gasteiger partial charge >= 0.3 is 0 Å². The van der Waals surface area contributed by atoms with E-state index in [2.05, 4.69) is 31.6 Å². The van der Waals surface area contributed by atoms with Gasteiger partial charge in [-0.1, -0.05) is 6.07 Å². The van der Waals surface area contributed by atoms with E-state index in [1.165, 1.54) is 11.2 Å². The van der Waals surface area contributed by atoms with Gasteiger partial charge in [-0.2, -0.15) is 5.10 Å². The number of carbonyl (C=O) groups is 2. The first-order valence-corrected chi connectivity index (χ1v) is 12.0. The molecule has 0 aliphatic carbocycles. The molecule has 1 atom stereocenters. The fourth-order valence-corrected chi connectivity index (χ4v) is 5.36. The van der Waals surface area contributed by atoms with Gasteiger partial charge in [0.25, 0.3) is 11.5 Å². The summed E-state index contributed by atoms with van der Waals surface area (Å²) in [5, 5.41) is 11.5. The van der Waals surface area contributed by atoms with Crippen LogP contribution in [0.15, 0.2) is 23.0 Å². The van der Waals surface area contributed by atoms with Crippen LogP contribution in [0.1, 0.15) is 37.4 Å². The van der Waals surface area contributed by atoms with Crippen molar-refractivity contribution < 1.29 is 9.59 Å². The van der Waals surface area contributed by atoms with Crippen molar-refractivity contribution >= 4 is 28.3 Å². The maximum Gasteiger partial charge on any atom is 0.275 e. The van der Waals surface area contributed by atoms with Gasteiger partial charge in [0.05, 0.1) is 11.1 Å². The number of hydrogen-bond donors (Lipinski definition) is 2. The number of piperidine rings is 2. The summed E-state index contributed by atoms with van der Waals surface area (Å²) < 4.78 is 1.27. The summed E-state index contributed by atoms with van der Waals surface area (Å²) in [6.07, 6.45) is 2.81. The zero-order valence-electron chi connectivity index (χ0n) is 19.2. The molecule has 3 aliphatic heterocycles. The fourth-order valence-electron chi connectivity index (χ4n) is 5.36. The Morgan fingerprint density at radius 2 is 1.76 bits per heavy atom. The highest BCUT2D eigenvalue weighted by Gasteiger charge is 2.30. The molecule has 0 spiro atoms. The van der Waals surface area contributed by atoms with E-state index >= 15 is 0 Å². The molecule has 0 saturated carbocycles. The standard InChI is InChI=1S/C24H32N6O3/c1-16-19-3-2-18(29-10-6-17(7-11-29)15-28-12-8-25-9-13-28)14-20(19)24(33)30(27-16)21-4-5-22(31)26-23(21)32/h2-3,14,17,21,25H,4-13,15H2,1H3,(H,26,31,32). The molecule has 3 saturated heterocycles. The number of rotatable bonds is 4. The summed E-state index contributed by atoms with van der Waals surface area (Å²) in [7, 11) is 0. The lowest BCUT2D eigenvalue weighted by Gasteiger charge is -2.37. The topological polar surface area (TPSA) is 99.6 Å². The van der Waals surface area contributed by atoms with Crippen LogP contribution >= 0.6 is 0 Å². The monoisotopic (exact) mass is 452 g/mol. The van der Waals surface area contributed by atoms with Gasteiger partial charge < -0.3 is 15.1 Å². The van der Waals surface area contributed by atoms with Crippen molar-refractivity contribution in [2.24, 2.45) is 5.92 Å². The highest BCUT2D eigenvalue weighted by molar-refractivity contribution is 5.99. The van der Waals surface area contributed by atoms with E-state index in [4.69, 9.17) is 0 Å². The van der Waals surface area contributed by atoms with Crippen LogP contribution in [-0.4, -0.2) is 72.3 Å². The molecule has 2 amide bonds. The number of aromatic nitrogens is 2. The molecule has 9 nitrogen and oxygen atoms in total. The predicted molar refractivity (Wildman–Crippen MR) is 126 cm³/mol. The van der Waals surface area contributed by atoms with Crippen LogP contribution in [0.5, 0.6) is 0 Å². The van der Waals surface area contributed by atoms with E-state index in [1.807, 2.05) is 19.1 Å². The summed E-state index contributed by atoms with van der Waals surface area (Å²) in [5.74, 6) is -0.0391. The third-order valence-electron chi connectivity index (χ3n) is 7.30. The Hall–Kier alpha value is -2.78. The number of benzene rings is 1. The van der Waals surface area contributed by atoms with Crippen molar-refractivity contribution in [2.75, 3.05) is 50.7 Å². The Labute approximate surface area is 193 Å². The van der Waals surface area contributed by atoms with Gasteiger partial charge in [-0.05, 0) is 44.2 Å². The predicted octanol–water partition coefficient (Wildman–Crippen LogP) is 0.804. The molecule has 176 valence electrons. The minimum Gasteiger partial charge on any atom is -0.371 e. The molecule has 3 aliphatic rings. The summed E-state index contributed by atoms with van der Waals surface area (Å²) in [6, 6.07) is 5.24. The molecule has 5 rings (SSSR count). The molecule has 1 unspecified atom stereocenters. The second kappa shape index (κ2) is 9.23. The molecule has 1 aromatic heterocycles. The quantitative estimate of drug-likeness (QED) is 0.662. The molecule has 9 heteroatoms. The minimum absolute atomic E-state index is 0.213. The lowest BCUT2D eigenvalue weighted by molar-refractivity contribution is -0.136. The SMILES string of the molecule is Cc1nn(C2CCC(=O)NC2=O)c(=O)c2cc(N3CCC(CN4CCNCC4)CC3)ccc12. The second-order valence-corrected chi connectivity index (χ2v) is 9.51. The first-order valence-electron chi connectivity index (χ1n) is 12.0. The lowest BCUT2D eigenvalue weighted by atomic mass is 9.95. The molecule has 4 heterocycles. The van der Waals surface area contributed by atoms with Gasteiger partial charge in [0.1, 0.15) is 6.04 Å². The van der Waals surface area contributed by atoms with E-state index in [-0.39, 0.29) is 17.9 Å². The molecular weight excluding hydrogens is 420 g/mol. The molecule has 2 aromatic rings. The minimum atomic E-state index is -0.748. The van der Waals surface area contributed by atoms with Crippen LogP contribution in [0.2, 0.25) is 0 Å². The summed E-state index contributed by atoms with van der Waals surface area (Å²) >= 11 is 0. The van der Waals surface area contributed by atoms with Crippen LogP contribution < -0.4 is 21.1 Å². The number of hydrogen-bond acceptors (Lipinski definition) is 7. The van der Waals surface area contributed by atoms with Crippen molar-refractivity contribution in [3.8, 4) is 0 Å². The van der Waals surface area contributed by atoms with Gasteiger partial charge in [0.2, 0.25) is 5.91 Å². The third-order valence-corrected chi connectivity index (χ3v) is 7.30. The van der Waals surface area contributed by atoms with Gasteiger partial charge in [0, 0.05) is 63.3 Å². The number of carbonyl (C=O) groups excluding carboxylic acids is 2. The highest BCUT2D eigenvalue weighted by atomic mass is 16.2. The van der Waals surface area contributed by atoms with Crippen LogP contribution in [-0.2, 0) is 9.59 Å². The average molecular weight is 453 g/mol. The van der Waals surface area contributed by atoms with Crippen molar-refractivity contribution in [3.63, 3.8) is 0 Å².